The number of nitrogens with zero attached hydrogens (tertiary/aromatic N) is 2. The molecule has 3 heterocycles. The Balaban J connectivity index is 1.35. The normalized spacial score (nSPS) is 29.1. The van der Waals surface area contributed by atoms with Gasteiger partial charge in [0.2, 0.25) is 5.91 Å². The predicted molar refractivity (Wildman–Crippen MR) is 105 cm³/mol. The fourth-order valence-electron chi connectivity index (χ4n) is 4.79. The number of likely N-dealkylation sites (tertiary alicyclic amines) is 1. The Morgan fingerprint density at radius 3 is 3.07 bits per heavy atom. The molecule has 0 saturated carbocycles. The number of carbonyl (C=O) groups excluding carboxylic acids is 1. The number of amides is 1. The molecule has 2 N–H and O–H groups in total. The summed E-state index contributed by atoms with van der Waals surface area (Å²) in [6.45, 7) is 7.79. The van der Waals surface area contributed by atoms with Crippen molar-refractivity contribution < 1.29 is 9.53 Å². The molecular formula is C21H32N4O2. The molecule has 1 aromatic rings. The molecule has 0 aromatic heterocycles. The number of hydrogen-bond acceptors (Lipinski definition) is 5. The zero-order chi connectivity index (χ0) is 18.6. The van der Waals surface area contributed by atoms with Crippen LogP contribution in [0.1, 0.15) is 31.7 Å². The molecule has 148 valence electrons. The Labute approximate surface area is 162 Å². The average molecular weight is 373 g/mol. The van der Waals surface area contributed by atoms with E-state index in [-0.39, 0.29) is 5.91 Å². The summed E-state index contributed by atoms with van der Waals surface area (Å²) in [6, 6.07) is 8.64. The first-order chi connectivity index (χ1) is 13.2. The maximum atomic E-state index is 13.0. The zero-order valence-electron chi connectivity index (χ0n) is 16.3. The molecule has 2 fully saturated rings. The minimum atomic E-state index is 0.262. The Morgan fingerprint density at radius 1 is 1.30 bits per heavy atom. The summed E-state index contributed by atoms with van der Waals surface area (Å²) in [6.07, 6.45) is 3.50. The van der Waals surface area contributed by atoms with Crippen molar-refractivity contribution in [2.75, 3.05) is 39.3 Å². The van der Waals surface area contributed by atoms with Gasteiger partial charge in [0.05, 0.1) is 6.54 Å². The lowest BCUT2D eigenvalue weighted by Gasteiger charge is -2.38. The molecule has 2 saturated heterocycles. The second kappa shape index (κ2) is 8.59. The van der Waals surface area contributed by atoms with E-state index in [1.54, 1.807) is 0 Å². The number of piperidine rings is 1. The lowest BCUT2D eigenvalue weighted by atomic mass is 9.83. The number of nitrogens with one attached hydrogen (secondary N) is 2. The first kappa shape index (κ1) is 18.7. The van der Waals surface area contributed by atoms with Crippen LogP contribution in [0.5, 0.6) is 5.75 Å². The van der Waals surface area contributed by atoms with Crippen LogP contribution in [-0.2, 0) is 11.3 Å². The van der Waals surface area contributed by atoms with Crippen LogP contribution < -0.4 is 15.6 Å². The molecule has 1 amide bonds. The van der Waals surface area contributed by atoms with E-state index in [9.17, 15) is 4.79 Å². The zero-order valence-corrected chi connectivity index (χ0v) is 16.3. The van der Waals surface area contributed by atoms with Gasteiger partial charge in [-0.25, -0.2) is 0 Å². The molecule has 27 heavy (non-hydrogen) atoms. The third kappa shape index (κ3) is 4.28. The van der Waals surface area contributed by atoms with Gasteiger partial charge in [0.1, 0.15) is 12.4 Å². The van der Waals surface area contributed by atoms with Crippen molar-refractivity contribution in [2.45, 2.75) is 38.8 Å². The predicted octanol–water partition coefficient (Wildman–Crippen LogP) is 1.62. The van der Waals surface area contributed by atoms with Crippen molar-refractivity contribution in [3.05, 3.63) is 29.8 Å². The molecule has 4 rings (SSSR count). The van der Waals surface area contributed by atoms with Gasteiger partial charge in [0.15, 0.2) is 0 Å². The van der Waals surface area contributed by atoms with Gasteiger partial charge in [-0.2, -0.15) is 0 Å². The summed E-state index contributed by atoms with van der Waals surface area (Å²) in [5.74, 6) is 2.44. The highest BCUT2D eigenvalue weighted by Gasteiger charge is 2.36. The number of para-hydroxylation sites is 1. The third-order valence-corrected chi connectivity index (χ3v) is 6.37. The van der Waals surface area contributed by atoms with Crippen LogP contribution in [-0.4, -0.2) is 61.1 Å². The second-order valence-electron chi connectivity index (χ2n) is 8.13. The highest BCUT2D eigenvalue weighted by Crippen LogP contribution is 2.28. The van der Waals surface area contributed by atoms with E-state index >= 15 is 0 Å². The minimum absolute atomic E-state index is 0.262. The van der Waals surface area contributed by atoms with Crippen LogP contribution in [0.15, 0.2) is 24.3 Å². The van der Waals surface area contributed by atoms with Gasteiger partial charge in [-0.1, -0.05) is 31.5 Å². The summed E-state index contributed by atoms with van der Waals surface area (Å²) < 4.78 is 5.83. The summed E-state index contributed by atoms with van der Waals surface area (Å²) in [4.78, 5) is 17.3. The monoisotopic (exact) mass is 372 g/mol. The van der Waals surface area contributed by atoms with E-state index in [0.29, 0.717) is 31.0 Å². The van der Waals surface area contributed by atoms with Crippen LogP contribution >= 0.6 is 0 Å². The van der Waals surface area contributed by atoms with Crippen molar-refractivity contribution in [1.82, 2.24) is 20.7 Å². The van der Waals surface area contributed by atoms with Gasteiger partial charge in [-0.15, -0.1) is 0 Å². The van der Waals surface area contributed by atoms with Crippen LogP contribution in [0, 0.1) is 11.8 Å². The van der Waals surface area contributed by atoms with Gasteiger partial charge in [0, 0.05) is 44.3 Å². The molecule has 3 unspecified atom stereocenters. The first-order valence-electron chi connectivity index (χ1n) is 10.4. The summed E-state index contributed by atoms with van der Waals surface area (Å²) >= 11 is 0. The molecule has 0 spiro atoms. The number of rotatable bonds is 4. The molecular weight excluding hydrogens is 340 g/mol. The van der Waals surface area contributed by atoms with Crippen LogP contribution in [0.4, 0.5) is 0 Å². The lowest BCUT2D eigenvalue weighted by Crippen LogP contribution is -2.50. The number of hydrogen-bond donors (Lipinski definition) is 2. The summed E-state index contributed by atoms with van der Waals surface area (Å²) in [5.41, 5.74) is 7.97. The van der Waals surface area contributed by atoms with E-state index in [1.807, 2.05) is 18.2 Å². The maximum Gasteiger partial charge on any atom is 0.236 e. The van der Waals surface area contributed by atoms with Crippen LogP contribution in [0.25, 0.3) is 0 Å². The van der Waals surface area contributed by atoms with Gasteiger partial charge in [-0.3, -0.25) is 20.5 Å². The van der Waals surface area contributed by atoms with Gasteiger partial charge < -0.3 is 9.64 Å². The Kier molecular flexibility index (Phi) is 5.95. The number of ether oxygens (including phenoxy) is 1. The Morgan fingerprint density at radius 2 is 2.19 bits per heavy atom. The van der Waals surface area contributed by atoms with E-state index in [1.165, 1.54) is 18.4 Å². The van der Waals surface area contributed by atoms with E-state index < -0.39 is 0 Å². The topological polar surface area (TPSA) is 56.8 Å². The van der Waals surface area contributed by atoms with Crippen LogP contribution in [0.3, 0.4) is 0 Å². The highest BCUT2D eigenvalue weighted by atomic mass is 16.5. The molecule has 3 atom stereocenters. The summed E-state index contributed by atoms with van der Waals surface area (Å²) in [7, 11) is 0. The molecule has 0 aliphatic carbocycles. The Bertz CT molecular complexity index is 653. The largest absolute Gasteiger partial charge is 0.492 e. The third-order valence-electron chi connectivity index (χ3n) is 6.37. The van der Waals surface area contributed by atoms with Gasteiger partial charge in [0.25, 0.3) is 0 Å². The summed E-state index contributed by atoms with van der Waals surface area (Å²) in [5, 5.41) is 0. The van der Waals surface area contributed by atoms with Gasteiger partial charge >= 0.3 is 0 Å². The van der Waals surface area contributed by atoms with Crippen molar-refractivity contribution in [3.8, 4) is 5.75 Å². The quantitative estimate of drug-likeness (QED) is 0.841. The molecule has 6 heteroatoms. The Hall–Kier alpha value is -1.63. The fourth-order valence-corrected chi connectivity index (χ4v) is 4.79. The number of hydrazine groups is 1. The highest BCUT2D eigenvalue weighted by molar-refractivity contribution is 5.78. The molecule has 3 aliphatic heterocycles. The minimum Gasteiger partial charge on any atom is -0.492 e. The molecule has 1 aromatic carbocycles. The van der Waals surface area contributed by atoms with Crippen molar-refractivity contribution in [3.63, 3.8) is 0 Å². The number of carbonyl (C=O) groups is 1. The molecule has 6 nitrogen and oxygen atoms in total. The first-order valence-corrected chi connectivity index (χ1v) is 10.4. The van der Waals surface area contributed by atoms with Crippen molar-refractivity contribution >= 4 is 5.91 Å². The SMILES string of the molecule is CCC1CNNC1C1CCCN(C(=O)CN2CCOc3ccccc3C2)C1. The fraction of sp³-hybridized carbons (Fsp3) is 0.667. The van der Waals surface area contributed by atoms with Crippen molar-refractivity contribution in [1.29, 1.82) is 0 Å². The van der Waals surface area contributed by atoms with E-state index in [2.05, 4.69) is 33.6 Å². The van der Waals surface area contributed by atoms with Gasteiger partial charge in [-0.05, 0) is 30.7 Å². The van der Waals surface area contributed by atoms with Crippen molar-refractivity contribution in [2.24, 2.45) is 11.8 Å². The standard InChI is InChI=1S/C21H32N4O2/c1-2-16-12-22-23-21(16)18-7-5-9-25(14-18)20(26)15-24-10-11-27-19-8-4-3-6-17(19)13-24/h3-4,6,8,16,18,21-23H,2,5,7,9-15H2,1H3. The second-order valence-corrected chi connectivity index (χ2v) is 8.13. The lowest BCUT2D eigenvalue weighted by molar-refractivity contribution is -0.134. The average Bonchev–Trinajstić information content (AvgIpc) is 3.09. The molecule has 0 radical (unpaired) electrons. The number of fused-ring (bicyclic) bond motifs is 1. The van der Waals surface area contributed by atoms with E-state index in [4.69, 9.17) is 4.74 Å². The number of benzene rings is 1. The molecule has 3 aliphatic rings. The molecule has 0 bridgehead atoms. The van der Waals surface area contributed by atoms with E-state index in [0.717, 1.165) is 44.9 Å². The maximum absolute atomic E-state index is 13.0. The van der Waals surface area contributed by atoms with Crippen LogP contribution in [0.2, 0.25) is 0 Å². The smallest absolute Gasteiger partial charge is 0.236 e.